The minimum absolute atomic E-state index is 0.0499. The van der Waals surface area contributed by atoms with Crippen molar-refractivity contribution in [2.75, 3.05) is 18.9 Å². The van der Waals surface area contributed by atoms with Crippen LogP contribution in [-0.2, 0) is 0 Å². The van der Waals surface area contributed by atoms with Gasteiger partial charge in [0.25, 0.3) is 5.91 Å². The third-order valence-corrected chi connectivity index (χ3v) is 4.59. The van der Waals surface area contributed by atoms with Crippen molar-refractivity contribution in [1.29, 1.82) is 0 Å². The van der Waals surface area contributed by atoms with Crippen molar-refractivity contribution >= 4 is 17.7 Å². The van der Waals surface area contributed by atoms with Crippen molar-refractivity contribution in [2.24, 2.45) is 0 Å². The van der Waals surface area contributed by atoms with E-state index in [4.69, 9.17) is 4.74 Å². The first-order chi connectivity index (χ1) is 11.1. The van der Waals surface area contributed by atoms with Crippen LogP contribution in [0.2, 0.25) is 0 Å². The van der Waals surface area contributed by atoms with E-state index in [2.05, 4.69) is 25.2 Å². The lowest BCUT2D eigenvalue weighted by Crippen LogP contribution is -2.28. The summed E-state index contributed by atoms with van der Waals surface area (Å²) in [7, 11) is 0. The summed E-state index contributed by atoms with van der Waals surface area (Å²) in [6.45, 7) is 7.13. The van der Waals surface area contributed by atoms with Gasteiger partial charge in [0.1, 0.15) is 12.4 Å². The lowest BCUT2D eigenvalue weighted by Gasteiger charge is -2.12. The molecule has 0 saturated heterocycles. The summed E-state index contributed by atoms with van der Waals surface area (Å²) in [5, 5.41) is 2.92. The first-order valence-corrected chi connectivity index (χ1v) is 8.81. The van der Waals surface area contributed by atoms with Crippen molar-refractivity contribution in [3.05, 3.63) is 59.2 Å². The Balaban J connectivity index is 1.87. The number of thioether (sulfide) groups is 1. The Morgan fingerprint density at radius 2 is 1.91 bits per heavy atom. The van der Waals surface area contributed by atoms with Crippen LogP contribution in [0, 0.1) is 13.8 Å². The maximum Gasteiger partial charge on any atom is 0.252 e. The highest BCUT2D eigenvalue weighted by Gasteiger charge is 2.10. The van der Waals surface area contributed by atoms with E-state index in [0.717, 1.165) is 27.5 Å². The second kappa shape index (κ2) is 8.63. The number of aryl methyl sites for hydroxylation is 1. The van der Waals surface area contributed by atoms with Crippen molar-refractivity contribution < 1.29 is 9.53 Å². The molecule has 0 unspecified atom stereocenters. The molecule has 23 heavy (non-hydrogen) atoms. The Morgan fingerprint density at radius 3 is 2.70 bits per heavy atom. The average molecular weight is 329 g/mol. The van der Waals surface area contributed by atoms with Gasteiger partial charge < -0.3 is 10.1 Å². The van der Waals surface area contributed by atoms with E-state index in [0.29, 0.717) is 13.2 Å². The zero-order chi connectivity index (χ0) is 16.7. The molecule has 0 saturated carbocycles. The zero-order valence-electron chi connectivity index (χ0n) is 13.9. The number of hydrogen-bond donors (Lipinski definition) is 1. The van der Waals surface area contributed by atoms with E-state index in [-0.39, 0.29) is 5.91 Å². The molecule has 122 valence electrons. The third-order valence-electron chi connectivity index (χ3n) is 3.63. The minimum atomic E-state index is -0.0499. The van der Waals surface area contributed by atoms with Gasteiger partial charge in [-0.05, 0) is 48.9 Å². The molecule has 0 aliphatic rings. The Bertz CT molecular complexity index is 670. The number of nitrogens with one attached hydrogen (secondary N) is 1. The number of ether oxygens (including phenoxy) is 1. The molecule has 0 heterocycles. The van der Waals surface area contributed by atoms with Gasteiger partial charge in [-0.15, -0.1) is 11.8 Å². The van der Waals surface area contributed by atoms with Gasteiger partial charge in [-0.1, -0.05) is 31.2 Å². The normalized spacial score (nSPS) is 10.4. The maximum atomic E-state index is 12.3. The number of carbonyl (C=O) groups is 1. The predicted octanol–water partition coefficient (Wildman–Crippen LogP) is 4.22. The summed E-state index contributed by atoms with van der Waals surface area (Å²) in [4.78, 5) is 13.3. The molecule has 0 aliphatic heterocycles. The number of amides is 1. The first kappa shape index (κ1) is 17.4. The smallest absolute Gasteiger partial charge is 0.252 e. The van der Waals surface area contributed by atoms with Gasteiger partial charge in [0.2, 0.25) is 0 Å². The summed E-state index contributed by atoms with van der Waals surface area (Å²) in [6.07, 6.45) is 0. The topological polar surface area (TPSA) is 38.3 Å². The number of carbonyl (C=O) groups excluding carboxylic acids is 1. The molecule has 2 aromatic rings. The van der Waals surface area contributed by atoms with E-state index in [1.54, 1.807) is 11.8 Å². The van der Waals surface area contributed by atoms with Crippen LogP contribution in [0.5, 0.6) is 5.75 Å². The molecule has 1 amide bonds. The fourth-order valence-corrected chi connectivity index (χ4v) is 3.04. The number of benzene rings is 2. The first-order valence-electron chi connectivity index (χ1n) is 7.82. The predicted molar refractivity (Wildman–Crippen MR) is 96.6 cm³/mol. The molecular formula is C19H23NO2S. The van der Waals surface area contributed by atoms with Gasteiger partial charge in [0.15, 0.2) is 0 Å². The van der Waals surface area contributed by atoms with Crippen LogP contribution in [0.25, 0.3) is 0 Å². The second-order valence-corrected chi connectivity index (χ2v) is 6.54. The Morgan fingerprint density at radius 1 is 1.13 bits per heavy atom. The highest BCUT2D eigenvalue weighted by atomic mass is 32.2. The summed E-state index contributed by atoms with van der Waals surface area (Å²) in [5.74, 6) is 1.77. The third kappa shape index (κ3) is 4.76. The molecule has 0 radical (unpaired) electrons. The number of hydrogen-bond acceptors (Lipinski definition) is 3. The van der Waals surface area contributed by atoms with Crippen molar-refractivity contribution in [3.63, 3.8) is 0 Å². The molecular weight excluding hydrogens is 306 g/mol. The maximum absolute atomic E-state index is 12.3. The van der Waals surface area contributed by atoms with Crippen LogP contribution in [0.3, 0.4) is 0 Å². The molecule has 4 heteroatoms. The van der Waals surface area contributed by atoms with Gasteiger partial charge in [-0.2, -0.15) is 0 Å². The van der Waals surface area contributed by atoms with Crippen LogP contribution >= 0.6 is 11.8 Å². The quantitative estimate of drug-likeness (QED) is 0.610. The van der Waals surface area contributed by atoms with Crippen LogP contribution in [0.15, 0.2) is 47.4 Å². The molecule has 2 aromatic carbocycles. The average Bonchev–Trinajstić information content (AvgIpc) is 2.56. The van der Waals surface area contributed by atoms with Crippen LogP contribution in [0.4, 0.5) is 0 Å². The van der Waals surface area contributed by atoms with Gasteiger partial charge in [0.05, 0.1) is 12.1 Å². The number of rotatable bonds is 7. The summed E-state index contributed by atoms with van der Waals surface area (Å²) in [5.41, 5.74) is 3.08. The Labute approximate surface area is 142 Å². The Hall–Kier alpha value is -1.94. The van der Waals surface area contributed by atoms with Gasteiger partial charge >= 0.3 is 0 Å². The molecule has 0 fully saturated rings. The lowest BCUT2D eigenvalue weighted by atomic mass is 10.1. The van der Waals surface area contributed by atoms with E-state index >= 15 is 0 Å². The largest absolute Gasteiger partial charge is 0.491 e. The van der Waals surface area contributed by atoms with Crippen molar-refractivity contribution in [1.82, 2.24) is 5.32 Å². The SMILES string of the molecule is CCSc1ccccc1C(=O)NCCOc1cccc(C)c1C. The van der Waals surface area contributed by atoms with Gasteiger partial charge in [-0.25, -0.2) is 0 Å². The van der Waals surface area contributed by atoms with Crippen LogP contribution < -0.4 is 10.1 Å². The van der Waals surface area contributed by atoms with E-state index in [1.165, 1.54) is 5.56 Å². The summed E-state index contributed by atoms with van der Waals surface area (Å²) < 4.78 is 5.76. The van der Waals surface area contributed by atoms with E-state index < -0.39 is 0 Å². The van der Waals surface area contributed by atoms with E-state index in [9.17, 15) is 4.79 Å². The van der Waals surface area contributed by atoms with Gasteiger partial charge in [0, 0.05) is 4.90 Å². The highest BCUT2D eigenvalue weighted by molar-refractivity contribution is 7.99. The summed E-state index contributed by atoms with van der Waals surface area (Å²) >= 11 is 1.68. The molecule has 2 rings (SSSR count). The van der Waals surface area contributed by atoms with Gasteiger partial charge in [-0.3, -0.25) is 4.79 Å². The molecule has 0 aromatic heterocycles. The highest BCUT2D eigenvalue weighted by Crippen LogP contribution is 2.22. The summed E-state index contributed by atoms with van der Waals surface area (Å²) in [6, 6.07) is 13.7. The molecule has 0 spiro atoms. The van der Waals surface area contributed by atoms with Crippen molar-refractivity contribution in [2.45, 2.75) is 25.7 Å². The Kier molecular flexibility index (Phi) is 6.53. The fourth-order valence-electron chi connectivity index (χ4n) is 2.24. The molecule has 3 nitrogen and oxygen atoms in total. The van der Waals surface area contributed by atoms with Crippen LogP contribution in [0.1, 0.15) is 28.4 Å². The zero-order valence-corrected chi connectivity index (χ0v) is 14.7. The van der Waals surface area contributed by atoms with Crippen LogP contribution in [-0.4, -0.2) is 24.8 Å². The molecule has 0 atom stereocenters. The second-order valence-electron chi connectivity index (χ2n) is 5.23. The standard InChI is InChI=1S/C19H23NO2S/c1-4-23-18-11-6-5-9-16(18)19(21)20-12-13-22-17-10-7-8-14(2)15(17)3/h5-11H,4,12-13H2,1-3H3,(H,20,21). The monoisotopic (exact) mass is 329 g/mol. The molecule has 0 bridgehead atoms. The van der Waals surface area contributed by atoms with E-state index in [1.807, 2.05) is 43.3 Å². The fraction of sp³-hybridized carbons (Fsp3) is 0.316. The van der Waals surface area contributed by atoms with Crippen molar-refractivity contribution in [3.8, 4) is 5.75 Å². The lowest BCUT2D eigenvalue weighted by molar-refractivity contribution is 0.0944. The molecule has 1 N–H and O–H groups in total. The minimum Gasteiger partial charge on any atom is -0.491 e. The molecule has 0 aliphatic carbocycles.